The minimum atomic E-state index is 0.600. The molecule has 0 N–H and O–H groups in total. The molecule has 10 rings (SSSR count). The van der Waals surface area contributed by atoms with Crippen LogP contribution in [-0.2, 0) is 0 Å². The third-order valence-electron chi connectivity index (χ3n) is 8.68. The molecule has 10 aromatic rings. The summed E-state index contributed by atoms with van der Waals surface area (Å²) in [5, 5.41) is 10.5. The Morgan fingerprint density at radius 3 is 1.91 bits per heavy atom. The second-order valence-corrected chi connectivity index (χ2v) is 11.2. The van der Waals surface area contributed by atoms with Gasteiger partial charge in [-0.15, -0.1) is 0 Å². The Labute approximate surface area is 249 Å². The zero-order valence-corrected chi connectivity index (χ0v) is 23.3. The molecule has 44 heavy (non-hydrogen) atoms. The van der Waals surface area contributed by atoms with Gasteiger partial charge in [-0.25, -0.2) is 15.0 Å². The first-order valence-corrected chi connectivity index (χ1v) is 14.6. The molecule has 0 unspecified atom stereocenters. The van der Waals surface area contributed by atoms with E-state index in [4.69, 9.17) is 23.8 Å². The van der Waals surface area contributed by atoms with E-state index in [1.807, 2.05) is 42.5 Å². The lowest BCUT2D eigenvalue weighted by molar-refractivity contribution is 0.668. The van der Waals surface area contributed by atoms with E-state index in [9.17, 15) is 0 Å². The predicted molar refractivity (Wildman–Crippen MR) is 179 cm³/mol. The molecule has 0 amide bonds. The second kappa shape index (κ2) is 8.72. The minimum absolute atomic E-state index is 0.600. The van der Waals surface area contributed by atoms with E-state index in [0.717, 1.165) is 81.8 Å². The molecule has 0 radical (unpaired) electrons. The van der Waals surface area contributed by atoms with Crippen LogP contribution in [-0.4, -0.2) is 15.0 Å². The summed E-state index contributed by atoms with van der Waals surface area (Å²) in [6, 6.07) is 43.7. The fourth-order valence-corrected chi connectivity index (χ4v) is 6.61. The van der Waals surface area contributed by atoms with Crippen LogP contribution in [0.4, 0.5) is 0 Å². The Bertz CT molecular complexity index is 2850. The summed E-state index contributed by atoms with van der Waals surface area (Å²) < 4.78 is 12.5. The zero-order valence-electron chi connectivity index (χ0n) is 23.3. The van der Waals surface area contributed by atoms with E-state index >= 15 is 0 Å². The van der Waals surface area contributed by atoms with E-state index in [-0.39, 0.29) is 0 Å². The standard InChI is InChI=1S/C39H21N3O2/c1-2-10-27-23-15-17-34-31(20-23)36-29(12-6-14-35(36)44-34)39-41-37(24-8-5-7-22(19-24)26(27)9-1)40-38(42-39)25-16-18-33-30(21-25)28-11-3-4-13-32(28)43-33/h1-21H. The van der Waals surface area contributed by atoms with Crippen molar-refractivity contribution in [2.75, 3.05) is 0 Å². The Hall–Kier alpha value is -6.07. The number of fused-ring (bicyclic) bond motifs is 13. The Morgan fingerprint density at radius 1 is 0.364 bits per heavy atom. The second-order valence-electron chi connectivity index (χ2n) is 11.2. The highest BCUT2D eigenvalue weighted by atomic mass is 16.3. The summed E-state index contributed by atoms with van der Waals surface area (Å²) in [5.74, 6) is 0.600. The lowest BCUT2D eigenvalue weighted by Crippen LogP contribution is -1.94. The summed E-state index contributed by atoms with van der Waals surface area (Å²) >= 11 is 0. The SMILES string of the molecule is c1cc2cc(c1)c1ccccc1c1ccc3oc4cccc(c5nc(-c6ccc7oc8ccccc8c7c6)nc2n5)c4c3c1. The molecule has 0 spiro atoms. The number of hydrogen-bond acceptors (Lipinski definition) is 5. The molecule has 0 fully saturated rings. The summed E-state index contributed by atoms with van der Waals surface area (Å²) in [4.78, 5) is 15.3. The fourth-order valence-electron chi connectivity index (χ4n) is 6.61. The maximum absolute atomic E-state index is 6.36. The van der Waals surface area contributed by atoms with Gasteiger partial charge in [0, 0.05) is 37.9 Å². The number of para-hydroxylation sites is 1. The Kier molecular flexibility index (Phi) is 4.66. The largest absolute Gasteiger partial charge is 0.456 e. The molecule has 0 aliphatic rings. The van der Waals surface area contributed by atoms with Crippen LogP contribution in [0.1, 0.15) is 0 Å². The van der Waals surface area contributed by atoms with Gasteiger partial charge in [0.15, 0.2) is 17.1 Å². The van der Waals surface area contributed by atoms with Gasteiger partial charge < -0.3 is 8.83 Å². The van der Waals surface area contributed by atoms with E-state index < -0.39 is 0 Å². The molecule has 0 aliphatic heterocycles. The van der Waals surface area contributed by atoms with Crippen molar-refractivity contribution in [3.63, 3.8) is 0 Å². The average Bonchev–Trinajstić information content (AvgIpc) is 3.65. The highest BCUT2D eigenvalue weighted by molar-refractivity contribution is 6.19. The molecule has 0 aliphatic carbocycles. The number of aromatic nitrogens is 3. The summed E-state index contributed by atoms with van der Waals surface area (Å²) in [6.45, 7) is 0. The van der Waals surface area contributed by atoms with Crippen LogP contribution in [0, 0.1) is 0 Å². The summed E-state index contributed by atoms with van der Waals surface area (Å²) in [5.41, 5.74) is 5.43. The van der Waals surface area contributed by atoms with Crippen molar-refractivity contribution in [1.29, 1.82) is 0 Å². The normalized spacial score (nSPS) is 12.1. The van der Waals surface area contributed by atoms with Crippen LogP contribution in [0.15, 0.2) is 136 Å². The van der Waals surface area contributed by atoms with E-state index in [1.54, 1.807) is 0 Å². The van der Waals surface area contributed by atoms with E-state index in [1.165, 1.54) is 0 Å². The third-order valence-corrected chi connectivity index (χ3v) is 8.68. The Morgan fingerprint density at radius 2 is 1.00 bits per heavy atom. The monoisotopic (exact) mass is 563 g/mol. The van der Waals surface area contributed by atoms with Crippen molar-refractivity contribution in [1.82, 2.24) is 15.0 Å². The van der Waals surface area contributed by atoms with Crippen LogP contribution in [0.3, 0.4) is 0 Å². The van der Waals surface area contributed by atoms with Gasteiger partial charge in [0.05, 0.1) is 0 Å². The van der Waals surface area contributed by atoms with Gasteiger partial charge >= 0.3 is 0 Å². The van der Waals surface area contributed by atoms with Crippen LogP contribution in [0.2, 0.25) is 0 Å². The number of furan rings is 2. The van der Waals surface area contributed by atoms with Gasteiger partial charge in [0.25, 0.3) is 0 Å². The first-order valence-electron chi connectivity index (χ1n) is 14.6. The van der Waals surface area contributed by atoms with Crippen molar-refractivity contribution >= 4 is 87.5 Å². The van der Waals surface area contributed by atoms with Crippen molar-refractivity contribution in [2.45, 2.75) is 0 Å². The van der Waals surface area contributed by atoms with Crippen LogP contribution < -0.4 is 0 Å². The molecule has 5 nitrogen and oxygen atoms in total. The van der Waals surface area contributed by atoms with Crippen LogP contribution >= 0.6 is 0 Å². The molecule has 0 saturated heterocycles. The van der Waals surface area contributed by atoms with Gasteiger partial charge in [-0.05, 0) is 70.1 Å². The highest BCUT2D eigenvalue weighted by Gasteiger charge is 2.15. The number of nitrogens with zero attached hydrogens (tertiary/aromatic N) is 3. The quantitative estimate of drug-likeness (QED) is 0.199. The lowest BCUT2D eigenvalue weighted by Gasteiger charge is -2.04. The van der Waals surface area contributed by atoms with Crippen LogP contribution in [0.5, 0.6) is 0 Å². The first kappa shape index (κ1) is 23.5. The molecule has 4 aromatic heterocycles. The molecule has 0 atom stereocenters. The smallest absolute Gasteiger partial charge is 0.164 e. The van der Waals surface area contributed by atoms with Gasteiger partial charge in [-0.1, -0.05) is 78.9 Å². The maximum Gasteiger partial charge on any atom is 0.164 e. The fraction of sp³-hybridized carbons (Fsp3) is 0. The minimum Gasteiger partial charge on any atom is -0.456 e. The molecule has 6 bridgehead atoms. The molecular weight excluding hydrogens is 542 g/mol. The van der Waals surface area contributed by atoms with Gasteiger partial charge in [-0.2, -0.15) is 0 Å². The topological polar surface area (TPSA) is 65.0 Å². The Balaban J connectivity index is 1.42. The average molecular weight is 564 g/mol. The lowest BCUT2D eigenvalue weighted by atomic mass is 10.0. The van der Waals surface area contributed by atoms with Crippen molar-refractivity contribution < 1.29 is 8.83 Å². The molecule has 0 saturated carbocycles. The van der Waals surface area contributed by atoms with Crippen LogP contribution in [0.25, 0.3) is 98.9 Å². The molecule has 4 heterocycles. The summed E-state index contributed by atoms with van der Waals surface area (Å²) in [6.07, 6.45) is 0. The van der Waals surface area contributed by atoms with Crippen molar-refractivity contribution in [2.24, 2.45) is 0 Å². The van der Waals surface area contributed by atoms with Gasteiger partial charge in [0.1, 0.15) is 22.3 Å². The van der Waals surface area contributed by atoms with Gasteiger partial charge in [0.2, 0.25) is 0 Å². The van der Waals surface area contributed by atoms with Crippen molar-refractivity contribution in [3.8, 4) is 11.4 Å². The first-order chi connectivity index (χ1) is 21.8. The number of benzene rings is 6. The number of rotatable bonds is 1. The predicted octanol–water partition coefficient (Wildman–Crippen LogP) is 10.5. The molecule has 204 valence electrons. The molecule has 6 aromatic carbocycles. The highest BCUT2D eigenvalue weighted by Crippen LogP contribution is 2.37. The van der Waals surface area contributed by atoms with Crippen molar-refractivity contribution in [3.05, 3.63) is 127 Å². The molecule has 5 heteroatoms. The molecular formula is C39H21N3O2. The van der Waals surface area contributed by atoms with Gasteiger partial charge in [-0.3, -0.25) is 0 Å². The number of hydrogen-bond donors (Lipinski definition) is 0. The summed E-state index contributed by atoms with van der Waals surface area (Å²) in [7, 11) is 0. The zero-order chi connectivity index (χ0) is 28.8. The third kappa shape index (κ3) is 3.38. The van der Waals surface area contributed by atoms with E-state index in [0.29, 0.717) is 17.1 Å². The maximum atomic E-state index is 6.36. The van der Waals surface area contributed by atoms with E-state index in [2.05, 4.69) is 84.9 Å².